The molecule has 0 saturated carbocycles. The maximum Gasteiger partial charge on any atom is 0.215 e. The molecule has 2 heterocycles. The Balaban J connectivity index is 1.92. The molecular formula is C20H21N3O. The van der Waals surface area contributed by atoms with Crippen molar-refractivity contribution in [1.29, 1.82) is 0 Å². The van der Waals surface area contributed by atoms with Crippen molar-refractivity contribution < 1.29 is 4.74 Å². The van der Waals surface area contributed by atoms with E-state index in [1.807, 2.05) is 6.07 Å². The fraction of sp³-hybridized carbons (Fsp3) is 0.250. The van der Waals surface area contributed by atoms with Gasteiger partial charge < -0.3 is 9.30 Å². The first-order valence-electron chi connectivity index (χ1n) is 8.36. The van der Waals surface area contributed by atoms with Gasteiger partial charge in [0.15, 0.2) is 0 Å². The highest BCUT2D eigenvalue weighted by Crippen LogP contribution is 2.27. The van der Waals surface area contributed by atoms with Crippen molar-refractivity contribution >= 4 is 16.8 Å². The largest absolute Gasteiger partial charge is 0.383 e. The Morgan fingerprint density at radius 3 is 2.58 bits per heavy atom. The molecule has 24 heavy (non-hydrogen) atoms. The molecule has 0 aliphatic rings. The summed E-state index contributed by atoms with van der Waals surface area (Å²) in [6, 6.07) is 17.0. The summed E-state index contributed by atoms with van der Waals surface area (Å²) >= 11 is 0. The lowest BCUT2D eigenvalue weighted by atomic mass is 10.1. The molecule has 2 aromatic heterocycles. The molecule has 0 N–H and O–H groups in total. The van der Waals surface area contributed by atoms with E-state index in [0.717, 1.165) is 29.8 Å². The number of para-hydroxylation sites is 2. The van der Waals surface area contributed by atoms with Crippen LogP contribution in [0.1, 0.15) is 12.5 Å². The Bertz CT molecular complexity index is 979. The highest BCUT2D eigenvalue weighted by atomic mass is 16.5. The van der Waals surface area contributed by atoms with Crippen LogP contribution in [0.4, 0.5) is 0 Å². The summed E-state index contributed by atoms with van der Waals surface area (Å²) in [5.74, 6) is 0.961. The molecule has 0 radical (unpaired) electrons. The molecule has 4 nitrogen and oxygen atoms in total. The van der Waals surface area contributed by atoms with Crippen LogP contribution in [0.25, 0.3) is 28.1 Å². The first kappa shape index (κ1) is 15.0. The summed E-state index contributed by atoms with van der Waals surface area (Å²) in [5, 5.41) is 0. The molecule has 0 aliphatic heterocycles. The molecular weight excluding hydrogens is 298 g/mol. The van der Waals surface area contributed by atoms with E-state index in [2.05, 4.69) is 64.6 Å². The maximum atomic E-state index is 5.31. The number of hydrogen-bond acceptors (Lipinski definition) is 2. The molecule has 2 aromatic carbocycles. The van der Waals surface area contributed by atoms with Crippen LogP contribution in [-0.4, -0.2) is 27.7 Å². The summed E-state index contributed by atoms with van der Waals surface area (Å²) in [6.45, 7) is 3.62. The summed E-state index contributed by atoms with van der Waals surface area (Å²) in [7, 11) is 1.73. The highest BCUT2D eigenvalue weighted by molar-refractivity contribution is 5.81. The van der Waals surface area contributed by atoms with Crippen molar-refractivity contribution in [2.45, 2.75) is 19.9 Å². The van der Waals surface area contributed by atoms with E-state index in [9.17, 15) is 0 Å². The van der Waals surface area contributed by atoms with Crippen LogP contribution in [-0.2, 0) is 17.7 Å². The lowest BCUT2D eigenvalue weighted by Crippen LogP contribution is -2.06. The Morgan fingerprint density at radius 1 is 1.04 bits per heavy atom. The van der Waals surface area contributed by atoms with Crippen LogP contribution in [0.5, 0.6) is 0 Å². The molecule has 0 fully saturated rings. The monoisotopic (exact) mass is 319 g/mol. The number of nitrogens with zero attached hydrogens (tertiary/aromatic N) is 3. The Morgan fingerprint density at radius 2 is 1.83 bits per heavy atom. The van der Waals surface area contributed by atoms with Gasteiger partial charge in [-0.25, -0.2) is 4.98 Å². The van der Waals surface area contributed by atoms with E-state index < -0.39 is 0 Å². The van der Waals surface area contributed by atoms with Crippen molar-refractivity contribution in [3.63, 3.8) is 0 Å². The van der Waals surface area contributed by atoms with Gasteiger partial charge in [0.25, 0.3) is 0 Å². The maximum absolute atomic E-state index is 5.31. The van der Waals surface area contributed by atoms with Crippen molar-refractivity contribution in [2.75, 3.05) is 13.7 Å². The predicted molar refractivity (Wildman–Crippen MR) is 97.4 cm³/mol. The van der Waals surface area contributed by atoms with Gasteiger partial charge in [-0.1, -0.05) is 43.3 Å². The van der Waals surface area contributed by atoms with Gasteiger partial charge in [-0.05, 0) is 29.7 Å². The normalized spacial score (nSPS) is 11.6. The van der Waals surface area contributed by atoms with E-state index in [4.69, 9.17) is 9.72 Å². The zero-order valence-corrected chi connectivity index (χ0v) is 14.1. The molecule has 4 aromatic rings. The average molecular weight is 319 g/mol. The summed E-state index contributed by atoms with van der Waals surface area (Å²) in [4.78, 5) is 4.82. The average Bonchev–Trinajstić information content (AvgIpc) is 3.16. The van der Waals surface area contributed by atoms with Gasteiger partial charge in [0.05, 0.1) is 23.3 Å². The number of aromatic nitrogens is 3. The lowest BCUT2D eigenvalue weighted by molar-refractivity contribution is 0.188. The number of imidazole rings is 2. The second-order valence-electron chi connectivity index (χ2n) is 5.98. The third-order valence-corrected chi connectivity index (χ3v) is 4.54. The molecule has 0 bridgehead atoms. The third-order valence-electron chi connectivity index (χ3n) is 4.54. The number of methoxy groups -OCH3 is 1. The van der Waals surface area contributed by atoms with Gasteiger partial charge in [-0.2, -0.15) is 0 Å². The molecule has 0 saturated heterocycles. The molecule has 0 unspecified atom stereocenters. The zero-order chi connectivity index (χ0) is 16.5. The quantitative estimate of drug-likeness (QED) is 0.553. The second-order valence-corrected chi connectivity index (χ2v) is 5.98. The number of aryl methyl sites for hydroxylation is 1. The van der Waals surface area contributed by atoms with Crippen LogP contribution >= 0.6 is 0 Å². The Kier molecular flexibility index (Phi) is 3.82. The number of ether oxygens (including phenoxy) is 1. The van der Waals surface area contributed by atoms with Gasteiger partial charge in [-0.15, -0.1) is 0 Å². The molecule has 4 heteroatoms. The van der Waals surface area contributed by atoms with Gasteiger partial charge in [0.2, 0.25) is 5.78 Å². The van der Waals surface area contributed by atoms with E-state index in [1.54, 1.807) is 7.11 Å². The minimum Gasteiger partial charge on any atom is -0.383 e. The number of fused-ring (bicyclic) bond motifs is 3. The topological polar surface area (TPSA) is 31.5 Å². The zero-order valence-electron chi connectivity index (χ0n) is 14.1. The van der Waals surface area contributed by atoms with Crippen LogP contribution in [0.3, 0.4) is 0 Å². The van der Waals surface area contributed by atoms with Crippen molar-refractivity contribution in [1.82, 2.24) is 14.0 Å². The second kappa shape index (κ2) is 6.13. The highest BCUT2D eigenvalue weighted by Gasteiger charge is 2.15. The molecule has 4 rings (SSSR count). The fourth-order valence-corrected chi connectivity index (χ4v) is 3.19. The molecule has 0 aliphatic carbocycles. The van der Waals surface area contributed by atoms with Gasteiger partial charge in [-0.3, -0.25) is 4.40 Å². The van der Waals surface area contributed by atoms with Crippen LogP contribution in [0.2, 0.25) is 0 Å². The van der Waals surface area contributed by atoms with E-state index >= 15 is 0 Å². The molecule has 0 atom stereocenters. The predicted octanol–water partition coefficient (Wildman–Crippen LogP) is 4.16. The number of hydrogen-bond donors (Lipinski definition) is 0. The van der Waals surface area contributed by atoms with Crippen molar-refractivity contribution in [3.8, 4) is 11.3 Å². The summed E-state index contributed by atoms with van der Waals surface area (Å²) < 4.78 is 9.72. The van der Waals surface area contributed by atoms with Gasteiger partial charge >= 0.3 is 0 Å². The lowest BCUT2D eigenvalue weighted by Gasteiger charge is -2.09. The first-order chi connectivity index (χ1) is 11.8. The van der Waals surface area contributed by atoms with Crippen LogP contribution in [0, 0.1) is 0 Å². The third kappa shape index (κ3) is 2.39. The van der Waals surface area contributed by atoms with Gasteiger partial charge in [0.1, 0.15) is 0 Å². The smallest absolute Gasteiger partial charge is 0.215 e. The van der Waals surface area contributed by atoms with E-state index in [-0.39, 0.29) is 0 Å². The Labute approximate surface area is 141 Å². The van der Waals surface area contributed by atoms with E-state index in [1.165, 1.54) is 16.8 Å². The number of benzene rings is 2. The number of rotatable bonds is 5. The van der Waals surface area contributed by atoms with Crippen LogP contribution in [0.15, 0.2) is 54.7 Å². The minimum atomic E-state index is 0.660. The molecule has 122 valence electrons. The fourth-order valence-electron chi connectivity index (χ4n) is 3.19. The molecule has 0 spiro atoms. The SMILES string of the molecule is CCc1ccc(-c2cn3c4ccccc4nc3n2CCOC)cc1. The molecule has 0 amide bonds. The van der Waals surface area contributed by atoms with Crippen LogP contribution < -0.4 is 0 Å². The standard InChI is InChI=1S/C20H21N3O/c1-3-15-8-10-16(11-9-15)19-14-23-18-7-5-4-6-17(18)21-20(23)22(19)12-13-24-2/h4-11,14H,3,12-13H2,1-2H3. The summed E-state index contributed by atoms with van der Waals surface area (Å²) in [5.41, 5.74) is 5.88. The van der Waals surface area contributed by atoms with Gasteiger partial charge in [0, 0.05) is 19.9 Å². The first-order valence-corrected chi connectivity index (χ1v) is 8.36. The Hall–Kier alpha value is -2.59. The van der Waals surface area contributed by atoms with Crippen molar-refractivity contribution in [2.24, 2.45) is 0 Å². The summed E-state index contributed by atoms with van der Waals surface area (Å²) in [6.07, 6.45) is 3.24. The van der Waals surface area contributed by atoms with Crippen molar-refractivity contribution in [3.05, 3.63) is 60.3 Å². The minimum absolute atomic E-state index is 0.660. The van der Waals surface area contributed by atoms with E-state index in [0.29, 0.717) is 6.61 Å².